The quantitative estimate of drug-likeness (QED) is 0.886. The molecule has 0 unspecified atom stereocenters. The van der Waals surface area contributed by atoms with Gasteiger partial charge >= 0.3 is 0 Å². The Morgan fingerprint density at radius 3 is 3.05 bits per heavy atom. The first kappa shape index (κ1) is 14.5. The van der Waals surface area contributed by atoms with Crippen LogP contribution in [0.4, 0.5) is 10.3 Å². The van der Waals surface area contributed by atoms with Crippen molar-refractivity contribution in [1.29, 1.82) is 0 Å². The van der Waals surface area contributed by atoms with Gasteiger partial charge in [-0.05, 0) is 6.07 Å². The second-order valence-corrected chi connectivity index (χ2v) is 5.29. The van der Waals surface area contributed by atoms with Gasteiger partial charge in [0, 0.05) is 37.7 Å². The Balaban J connectivity index is 1.79. The molecule has 116 valence electrons. The number of nitrogen functional groups attached to an aromatic ring is 1. The smallest absolute Gasteiger partial charge is 0.257 e. The lowest BCUT2D eigenvalue weighted by Gasteiger charge is -2.27. The van der Waals surface area contributed by atoms with E-state index in [0.29, 0.717) is 42.9 Å². The van der Waals surface area contributed by atoms with Gasteiger partial charge < -0.3 is 10.5 Å². The number of anilines is 1. The van der Waals surface area contributed by atoms with Gasteiger partial charge in [0.2, 0.25) is 5.95 Å². The van der Waals surface area contributed by atoms with Crippen molar-refractivity contribution in [3.05, 3.63) is 51.2 Å². The standard InChI is InChI=1S/C15H17FN4O2/c1-22-10-3-2-9(12(16)6-10)7-20-5-4-13-11(8-20)14(21)19-15(17)18-13/h2-3,6H,4-5,7-8H2,1H3,(H3,17,18,19,21). The second kappa shape index (κ2) is 5.76. The van der Waals surface area contributed by atoms with Crippen molar-refractivity contribution in [1.82, 2.24) is 14.9 Å². The van der Waals surface area contributed by atoms with Gasteiger partial charge in [0.05, 0.1) is 18.4 Å². The van der Waals surface area contributed by atoms with Gasteiger partial charge in [-0.2, -0.15) is 0 Å². The number of halogens is 1. The highest BCUT2D eigenvalue weighted by Gasteiger charge is 2.21. The van der Waals surface area contributed by atoms with E-state index in [1.54, 1.807) is 12.1 Å². The summed E-state index contributed by atoms with van der Waals surface area (Å²) < 4.78 is 19.0. The van der Waals surface area contributed by atoms with Crippen LogP contribution in [0.25, 0.3) is 0 Å². The van der Waals surface area contributed by atoms with E-state index in [0.717, 1.165) is 5.69 Å². The van der Waals surface area contributed by atoms with Gasteiger partial charge in [-0.25, -0.2) is 9.37 Å². The Labute approximate surface area is 126 Å². The molecule has 1 aliphatic rings. The summed E-state index contributed by atoms with van der Waals surface area (Å²) in [6.45, 7) is 1.57. The minimum atomic E-state index is -0.311. The molecule has 3 rings (SSSR count). The number of hydrogen-bond donors (Lipinski definition) is 2. The lowest BCUT2D eigenvalue weighted by Crippen LogP contribution is -2.35. The summed E-state index contributed by atoms with van der Waals surface area (Å²) >= 11 is 0. The van der Waals surface area contributed by atoms with Crippen LogP contribution in [-0.4, -0.2) is 28.5 Å². The number of benzene rings is 1. The summed E-state index contributed by atoms with van der Waals surface area (Å²) in [5, 5.41) is 0. The Bertz CT molecular complexity index is 760. The van der Waals surface area contributed by atoms with Crippen molar-refractivity contribution in [3.63, 3.8) is 0 Å². The van der Waals surface area contributed by atoms with Gasteiger partial charge in [-0.15, -0.1) is 0 Å². The van der Waals surface area contributed by atoms with Crippen molar-refractivity contribution < 1.29 is 9.13 Å². The molecule has 22 heavy (non-hydrogen) atoms. The van der Waals surface area contributed by atoms with E-state index in [1.807, 2.05) is 4.90 Å². The second-order valence-electron chi connectivity index (χ2n) is 5.29. The maximum absolute atomic E-state index is 14.0. The molecule has 3 N–H and O–H groups in total. The van der Waals surface area contributed by atoms with E-state index in [4.69, 9.17) is 10.5 Å². The van der Waals surface area contributed by atoms with Crippen LogP contribution in [0.15, 0.2) is 23.0 Å². The summed E-state index contributed by atoms with van der Waals surface area (Å²) in [5.41, 5.74) is 7.23. The van der Waals surface area contributed by atoms with Crippen molar-refractivity contribution in [3.8, 4) is 5.75 Å². The molecule has 6 nitrogen and oxygen atoms in total. The predicted octanol–water partition coefficient (Wildman–Crippen LogP) is 1.06. The molecule has 0 fully saturated rings. The number of aromatic nitrogens is 2. The fraction of sp³-hybridized carbons (Fsp3) is 0.333. The van der Waals surface area contributed by atoms with Crippen LogP contribution < -0.4 is 16.0 Å². The molecule has 0 spiro atoms. The van der Waals surface area contributed by atoms with Crippen LogP contribution in [0.3, 0.4) is 0 Å². The number of H-pyrrole nitrogens is 1. The molecule has 0 saturated carbocycles. The minimum absolute atomic E-state index is 0.137. The summed E-state index contributed by atoms with van der Waals surface area (Å²) in [4.78, 5) is 20.6. The van der Waals surface area contributed by atoms with Crippen LogP contribution in [0.5, 0.6) is 5.75 Å². The van der Waals surface area contributed by atoms with Crippen molar-refractivity contribution >= 4 is 5.95 Å². The predicted molar refractivity (Wildman–Crippen MR) is 80.0 cm³/mol. The molecule has 1 aromatic carbocycles. The van der Waals surface area contributed by atoms with Crippen LogP contribution >= 0.6 is 0 Å². The van der Waals surface area contributed by atoms with Crippen molar-refractivity contribution in [2.45, 2.75) is 19.5 Å². The van der Waals surface area contributed by atoms with Crippen LogP contribution in [0.1, 0.15) is 16.8 Å². The van der Waals surface area contributed by atoms with E-state index in [1.165, 1.54) is 13.2 Å². The first-order valence-electron chi connectivity index (χ1n) is 6.99. The number of methoxy groups -OCH3 is 1. The summed E-state index contributed by atoms with van der Waals surface area (Å²) in [6.07, 6.45) is 0.626. The number of aromatic amines is 1. The van der Waals surface area contributed by atoms with Crippen LogP contribution in [-0.2, 0) is 19.5 Å². The van der Waals surface area contributed by atoms with Crippen LogP contribution in [0.2, 0.25) is 0 Å². The summed E-state index contributed by atoms with van der Waals surface area (Å²) in [5.74, 6) is 0.314. The highest BCUT2D eigenvalue weighted by Crippen LogP contribution is 2.21. The number of ether oxygens (including phenoxy) is 1. The number of hydrogen-bond acceptors (Lipinski definition) is 5. The molecule has 0 bridgehead atoms. The number of fused-ring (bicyclic) bond motifs is 1. The zero-order valence-corrected chi connectivity index (χ0v) is 12.2. The molecule has 0 atom stereocenters. The molecule has 1 aromatic heterocycles. The van der Waals surface area contributed by atoms with E-state index >= 15 is 0 Å². The van der Waals surface area contributed by atoms with Crippen LogP contribution in [0, 0.1) is 5.82 Å². The maximum Gasteiger partial charge on any atom is 0.257 e. The molecule has 2 heterocycles. The van der Waals surface area contributed by atoms with E-state index in [2.05, 4.69) is 9.97 Å². The zero-order chi connectivity index (χ0) is 15.7. The molecule has 2 aromatic rings. The van der Waals surface area contributed by atoms with E-state index in [9.17, 15) is 9.18 Å². The summed E-state index contributed by atoms with van der Waals surface area (Å²) in [6, 6.07) is 4.79. The SMILES string of the molecule is COc1ccc(CN2CCc3nc(N)[nH]c(=O)c3C2)c(F)c1. The first-order chi connectivity index (χ1) is 10.6. The molecule has 0 radical (unpaired) electrons. The van der Waals surface area contributed by atoms with Gasteiger partial charge in [0.25, 0.3) is 5.56 Å². The molecule has 7 heteroatoms. The van der Waals surface area contributed by atoms with Gasteiger partial charge in [-0.3, -0.25) is 14.7 Å². The first-order valence-corrected chi connectivity index (χ1v) is 6.99. The number of nitrogens with one attached hydrogen (secondary N) is 1. The third-order valence-corrected chi connectivity index (χ3v) is 3.82. The fourth-order valence-electron chi connectivity index (χ4n) is 2.66. The highest BCUT2D eigenvalue weighted by molar-refractivity contribution is 5.30. The highest BCUT2D eigenvalue weighted by atomic mass is 19.1. The van der Waals surface area contributed by atoms with Gasteiger partial charge in [-0.1, -0.05) is 6.07 Å². The Morgan fingerprint density at radius 2 is 2.32 bits per heavy atom. The Morgan fingerprint density at radius 1 is 1.50 bits per heavy atom. The lowest BCUT2D eigenvalue weighted by atomic mass is 10.1. The number of nitrogens with two attached hydrogens (primary N) is 1. The normalized spacial score (nSPS) is 14.6. The third kappa shape index (κ3) is 2.80. The maximum atomic E-state index is 14.0. The topological polar surface area (TPSA) is 84.2 Å². The zero-order valence-electron chi connectivity index (χ0n) is 12.2. The Hall–Kier alpha value is -2.41. The van der Waals surface area contributed by atoms with Gasteiger partial charge in [0.15, 0.2) is 0 Å². The van der Waals surface area contributed by atoms with Crippen molar-refractivity contribution in [2.24, 2.45) is 0 Å². The molecule has 1 aliphatic heterocycles. The molecule has 0 saturated heterocycles. The summed E-state index contributed by atoms with van der Waals surface area (Å²) in [7, 11) is 1.50. The molecular formula is C15H17FN4O2. The Kier molecular flexibility index (Phi) is 3.81. The van der Waals surface area contributed by atoms with E-state index < -0.39 is 0 Å². The lowest BCUT2D eigenvalue weighted by molar-refractivity contribution is 0.238. The fourth-order valence-corrected chi connectivity index (χ4v) is 2.66. The average Bonchev–Trinajstić information content (AvgIpc) is 2.49. The molecular weight excluding hydrogens is 287 g/mol. The third-order valence-electron chi connectivity index (χ3n) is 3.82. The molecule has 0 amide bonds. The molecule has 0 aliphatic carbocycles. The average molecular weight is 304 g/mol. The monoisotopic (exact) mass is 304 g/mol. The van der Waals surface area contributed by atoms with Gasteiger partial charge in [0.1, 0.15) is 11.6 Å². The van der Waals surface area contributed by atoms with Crippen molar-refractivity contribution in [2.75, 3.05) is 19.4 Å². The number of nitrogens with zero attached hydrogens (tertiary/aromatic N) is 2. The largest absolute Gasteiger partial charge is 0.497 e. The minimum Gasteiger partial charge on any atom is -0.497 e. The van der Waals surface area contributed by atoms with E-state index in [-0.39, 0.29) is 17.3 Å². The number of rotatable bonds is 3.